The molecule has 7 heteroatoms. The zero-order valence-corrected chi connectivity index (χ0v) is 13.9. The molecule has 4 rings (SSSR count). The van der Waals surface area contributed by atoms with Crippen LogP contribution in [0.2, 0.25) is 0 Å². The summed E-state index contributed by atoms with van der Waals surface area (Å²) in [5, 5.41) is 0. The molecule has 1 aromatic heterocycles. The Kier molecular flexibility index (Phi) is 3.91. The number of H-pyrrole nitrogens is 1. The van der Waals surface area contributed by atoms with Crippen molar-refractivity contribution in [3.05, 3.63) is 51.7 Å². The first-order valence-corrected chi connectivity index (χ1v) is 8.37. The van der Waals surface area contributed by atoms with Crippen molar-refractivity contribution in [2.75, 3.05) is 19.8 Å². The predicted octanol–water partition coefficient (Wildman–Crippen LogP) is 1.23. The molecule has 2 aromatic rings. The van der Waals surface area contributed by atoms with Gasteiger partial charge in [-0.3, -0.25) is 9.59 Å². The molecule has 0 aliphatic carbocycles. The van der Waals surface area contributed by atoms with Gasteiger partial charge in [0, 0.05) is 12.1 Å². The molecule has 0 bridgehead atoms. The van der Waals surface area contributed by atoms with E-state index in [1.807, 2.05) is 25.1 Å². The van der Waals surface area contributed by atoms with Crippen molar-refractivity contribution in [1.82, 2.24) is 14.9 Å². The maximum atomic E-state index is 12.9. The number of hydrogen-bond acceptors (Lipinski definition) is 5. The average molecular weight is 341 g/mol. The number of nitrogens with one attached hydrogen (secondary N) is 1. The van der Waals surface area contributed by atoms with E-state index in [1.54, 1.807) is 4.90 Å². The smallest absolute Gasteiger partial charge is 0.254 e. The third kappa shape index (κ3) is 2.86. The minimum Gasteiger partial charge on any atom is -0.486 e. The Hall–Kier alpha value is -2.83. The summed E-state index contributed by atoms with van der Waals surface area (Å²) in [6.07, 6.45) is 1.91. The second kappa shape index (κ2) is 6.23. The molecule has 1 N–H and O–H groups in total. The van der Waals surface area contributed by atoms with Crippen LogP contribution in [0.3, 0.4) is 0 Å². The summed E-state index contributed by atoms with van der Waals surface area (Å²) in [7, 11) is 0. The summed E-state index contributed by atoms with van der Waals surface area (Å²) in [6.45, 7) is 3.83. The van der Waals surface area contributed by atoms with E-state index in [-0.39, 0.29) is 17.4 Å². The fourth-order valence-corrected chi connectivity index (χ4v) is 3.30. The quantitative estimate of drug-likeness (QED) is 0.888. The van der Waals surface area contributed by atoms with Gasteiger partial charge in [-0.2, -0.15) is 0 Å². The molecule has 25 heavy (non-hydrogen) atoms. The van der Waals surface area contributed by atoms with E-state index in [1.165, 1.54) is 6.33 Å². The van der Waals surface area contributed by atoms with Crippen LogP contribution in [0.5, 0.6) is 11.5 Å². The lowest BCUT2D eigenvalue weighted by Crippen LogP contribution is -2.40. The first kappa shape index (κ1) is 15.7. The molecule has 0 spiro atoms. The minimum atomic E-state index is -0.306. The van der Waals surface area contributed by atoms with Crippen molar-refractivity contribution in [3.63, 3.8) is 0 Å². The van der Waals surface area contributed by atoms with Crippen molar-refractivity contribution in [1.29, 1.82) is 0 Å². The summed E-state index contributed by atoms with van der Waals surface area (Å²) in [5.74, 6) is 1.11. The first-order valence-electron chi connectivity index (χ1n) is 8.37. The number of fused-ring (bicyclic) bond motifs is 2. The van der Waals surface area contributed by atoms with Gasteiger partial charge in [0.05, 0.1) is 24.5 Å². The topological polar surface area (TPSA) is 84.5 Å². The Morgan fingerprint density at radius 3 is 2.92 bits per heavy atom. The lowest BCUT2D eigenvalue weighted by molar-refractivity contribution is -0.133. The van der Waals surface area contributed by atoms with Crippen LogP contribution >= 0.6 is 0 Å². The molecule has 0 fully saturated rings. The van der Waals surface area contributed by atoms with Crippen LogP contribution in [0.25, 0.3) is 0 Å². The van der Waals surface area contributed by atoms with Gasteiger partial charge in [-0.15, -0.1) is 0 Å². The fourth-order valence-electron chi connectivity index (χ4n) is 3.30. The number of carbonyl (C=O) groups is 1. The van der Waals surface area contributed by atoms with Crippen molar-refractivity contribution < 1.29 is 14.3 Å². The van der Waals surface area contributed by atoms with Gasteiger partial charge in [-0.1, -0.05) is 6.07 Å². The molecule has 1 atom stereocenters. The number of aromatic amines is 1. The molecular weight excluding hydrogens is 322 g/mol. The van der Waals surface area contributed by atoms with Gasteiger partial charge in [0.25, 0.3) is 5.56 Å². The van der Waals surface area contributed by atoms with Crippen LogP contribution in [0.1, 0.15) is 29.7 Å². The van der Waals surface area contributed by atoms with E-state index in [0.717, 1.165) is 5.56 Å². The number of carbonyl (C=O) groups excluding carboxylic acids is 1. The zero-order valence-electron chi connectivity index (χ0n) is 13.9. The van der Waals surface area contributed by atoms with Crippen LogP contribution in [0, 0.1) is 0 Å². The maximum Gasteiger partial charge on any atom is 0.254 e. The van der Waals surface area contributed by atoms with Gasteiger partial charge in [0.1, 0.15) is 13.2 Å². The number of rotatable bonds is 2. The summed E-state index contributed by atoms with van der Waals surface area (Å²) < 4.78 is 11.1. The fraction of sp³-hybridized carbons (Fsp3) is 0.389. The second-order valence-corrected chi connectivity index (χ2v) is 6.29. The molecule has 0 saturated carbocycles. The normalized spacial score (nSPS) is 16.9. The zero-order chi connectivity index (χ0) is 17.4. The monoisotopic (exact) mass is 341 g/mol. The van der Waals surface area contributed by atoms with E-state index in [0.29, 0.717) is 55.5 Å². The third-order valence-electron chi connectivity index (χ3n) is 4.76. The largest absolute Gasteiger partial charge is 0.486 e. The Balaban J connectivity index is 1.54. The standard InChI is InChI=1S/C18H19N3O4/c1-11(12-2-3-15-16(8-12)25-7-6-24-15)18(23)21-5-4-13-14(9-21)19-10-20-17(13)22/h2-3,8,10-11H,4-7,9H2,1H3,(H,19,20,22). The van der Waals surface area contributed by atoms with Crippen LogP contribution in [-0.2, 0) is 17.8 Å². The minimum absolute atomic E-state index is 0.0180. The molecule has 2 aliphatic heterocycles. The van der Waals surface area contributed by atoms with Gasteiger partial charge < -0.3 is 19.4 Å². The van der Waals surface area contributed by atoms with Gasteiger partial charge >= 0.3 is 0 Å². The van der Waals surface area contributed by atoms with Crippen molar-refractivity contribution in [2.24, 2.45) is 0 Å². The van der Waals surface area contributed by atoms with Crippen LogP contribution < -0.4 is 15.0 Å². The van der Waals surface area contributed by atoms with E-state index >= 15 is 0 Å². The van der Waals surface area contributed by atoms with E-state index < -0.39 is 0 Å². The van der Waals surface area contributed by atoms with Crippen LogP contribution in [-0.4, -0.2) is 40.5 Å². The Labute approximate surface area is 144 Å². The molecule has 1 amide bonds. The summed E-state index contributed by atoms with van der Waals surface area (Å²) in [5.41, 5.74) is 2.13. The number of benzene rings is 1. The van der Waals surface area contributed by atoms with Crippen LogP contribution in [0.4, 0.5) is 0 Å². The predicted molar refractivity (Wildman–Crippen MR) is 89.8 cm³/mol. The molecule has 3 heterocycles. The lowest BCUT2D eigenvalue weighted by Gasteiger charge is -2.30. The Morgan fingerprint density at radius 2 is 2.08 bits per heavy atom. The summed E-state index contributed by atoms with van der Waals surface area (Å²) in [4.78, 5) is 33.3. The number of hydrogen-bond donors (Lipinski definition) is 1. The number of amides is 1. The van der Waals surface area contributed by atoms with Gasteiger partial charge in [-0.05, 0) is 31.0 Å². The number of aromatic nitrogens is 2. The highest BCUT2D eigenvalue weighted by Crippen LogP contribution is 2.33. The van der Waals surface area contributed by atoms with Gasteiger partial charge in [0.2, 0.25) is 5.91 Å². The second-order valence-electron chi connectivity index (χ2n) is 6.29. The third-order valence-corrected chi connectivity index (χ3v) is 4.76. The van der Waals surface area contributed by atoms with Crippen molar-refractivity contribution >= 4 is 5.91 Å². The highest BCUT2D eigenvalue weighted by Gasteiger charge is 2.28. The van der Waals surface area contributed by atoms with Gasteiger partial charge in [-0.25, -0.2) is 4.98 Å². The van der Waals surface area contributed by atoms with E-state index in [2.05, 4.69) is 9.97 Å². The van der Waals surface area contributed by atoms with E-state index in [4.69, 9.17) is 9.47 Å². The molecule has 2 aliphatic rings. The highest BCUT2D eigenvalue weighted by atomic mass is 16.6. The summed E-state index contributed by atoms with van der Waals surface area (Å²) >= 11 is 0. The Bertz CT molecular complexity index is 877. The highest BCUT2D eigenvalue weighted by molar-refractivity contribution is 5.83. The van der Waals surface area contributed by atoms with E-state index in [9.17, 15) is 9.59 Å². The first-order chi connectivity index (χ1) is 12.1. The molecule has 7 nitrogen and oxygen atoms in total. The van der Waals surface area contributed by atoms with Crippen LogP contribution in [0.15, 0.2) is 29.3 Å². The molecule has 0 radical (unpaired) electrons. The number of ether oxygens (including phenoxy) is 2. The van der Waals surface area contributed by atoms with Crippen molar-refractivity contribution in [2.45, 2.75) is 25.8 Å². The SMILES string of the molecule is CC(C(=O)N1CCc2c(nc[nH]c2=O)C1)c1ccc2c(c1)OCCO2. The van der Waals surface area contributed by atoms with Gasteiger partial charge in [0.15, 0.2) is 11.5 Å². The lowest BCUT2D eigenvalue weighted by atomic mass is 9.97. The molecule has 1 aromatic carbocycles. The molecule has 0 saturated heterocycles. The summed E-state index contributed by atoms with van der Waals surface area (Å²) in [6, 6.07) is 5.62. The number of nitrogens with zero attached hydrogens (tertiary/aromatic N) is 2. The van der Waals surface area contributed by atoms with Crippen molar-refractivity contribution in [3.8, 4) is 11.5 Å². The molecule has 1 unspecified atom stereocenters. The molecular formula is C18H19N3O4. The maximum absolute atomic E-state index is 12.9. The Morgan fingerprint density at radius 1 is 1.28 bits per heavy atom. The molecule has 130 valence electrons. The average Bonchev–Trinajstić information content (AvgIpc) is 2.66.